The third kappa shape index (κ3) is 3.11. The minimum absolute atomic E-state index is 0.128. The van der Waals surface area contributed by atoms with E-state index in [0.29, 0.717) is 30.3 Å². The zero-order chi connectivity index (χ0) is 19.7. The molecule has 144 valence electrons. The molecule has 0 aromatic heterocycles. The Morgan fingerprint density at radius 2 is 1.89 bits per heavy atom. The first kappa shape index (κ1) is 18.1. The van der Waals surface area contributed by atoms with Crippen molar-refractivity contribution in [1.29, 1.82) is 0 Å². The van der Waals surface area contributed by atoms with Crippen LogP contribution in [0.5, 0.6) is 11.5 Å². The van der Waals surface area contributed by atoms with E-state index in [0.717, 1.165) is 5.70 Å². The van der Waals surface area contributed by atoms with Crippen LogP contribution >= 0.6 is 0 Å². The maximum atomic E-state index is 12.3. The van der Waals surface area contributed by atoms with Gasteiger partial charge < -0.3 is 14.4 Å². The molecule has 0 aliphatic carbocycles. The molecule has 6 nitrogen and oxygen atoms in total. The molecule has 2 aliphatic rings. The summed E-state index contributed by atoms with van der Waals surface area (Å²) < 4.78 is 11.0. The molecule has 0 atom stereocenters. The largest absolute Gasteiger partial charge is 0.486 e. The first-order valence-electron chi connectivity index (χ1n) is 9.25. The summed E-state index contributed by atoms with van der Waals surface area (Å²) in [7, 11) is 2.04. The van der Waals surface area contributed by atoms with Crippen molar-refractivity contribution in [2.24, 2.45) is 5.10 Å². The van der Waals surface area contributed by atoms with E-state index in [-0.39, 0.29) is 11.3 Å². The Balaban J connectivity index is 1.46. The molecule has 0 unspecified atom stereocenters. The van der Waals surface area contributed by atoms with Gasteiger partial charge in [-0.3, -0.25) is 4.79 Å². The van der Waals surface area contributed by atoms with Crippen LogP contribution in [0.1, 0.15) is 29.8 Å². The van der Waals surface area contributed by atoms with E-state index in [9.17, 15) is 4.79 Å². The van der Waals surface area contributed by atoms with Crippen molar-refractivity contribution in [2.75, 3.05) is 25.2 Å². The van der Waals surface area contributed by atoms with Crippen LogP contribution in [-0.4, -0.2) is 32.4 Å². The molecule has 0 fully saturated rings. The number of nitrogens with one attached hydrogen (secondary N) is 1. The average Bonchev–Trinajstić information content (AvgIpc) is 2.91. The Kier molecular flexibility index (Phi) is 4.55. The van der Waals surface area contributed by atoms with E-state index in [1.165, 1.54) is 11.3 Å². The number of rotatable bonds is 3. The topological polar surface area (TPSA) is 63.2 Å². The number of hydrazone groups is 1. The molecule has 0 saturated heterocycles. The molecule has 1 amide bonds. The van der Waals surface area contributed by atoms with Crippen LogP contribution in [0.2, 0.25) is 0 Å². The number of hydrogen-bond donors (Lipinski definition) is 1. The number of nitrogens with zero attached hydrogens (tertiary/aromatic N) is 2. The van der Waals surface area contributed by atoms with Crippen molar-refractivity contribution in [1.82, 2.24) is 5.43 Å². The lowest BCUT2D eigenvalue weighted by Gasteiger charge is -2.23. The van der Waals surface area contributed by atoms with Crippen LogP contribution in [0.25, 0.3) is 0 Å². The number of likely N-dealkylation sites (N-methyl/N-ethyl adjacent to an activating group) is 1. The highest BCUT2D eigenvalue weighted by molar-refractivity contribution is 5.95. The van der Waals surface area contributed by atoms with Crippen molar-refractivity contribution in [3.63, 3.8) is 0 Å². The fourth-order valence-corrected chi connectivity index (χ4v) is 3.75. The highest BCUT2D eigenvalue weighted by atomic mass is 16.6. The number of amides is 1. The Bertz CT molecular complexity index is 979. The minimum atomic E-state index is -0.297. The highest BCUT2D eigenvalue weighted by Crippen LogP contribution is 2.46. The maximum Gasteiger partial charge on any atom is 0.271 e. The number of benzene rings is 2. The Morgan fingerprint density at radius 3 is 2.68 bits per heavy atom. The van der Waals surface area contributed by atoms with Gasteiger partial charge in [0, 0.05) is 35.6 Å². The van der Waals surface area contributed by atoms with Gasteiger partial charge in [0.05, 0.1) is 0 Å². The number of para-hydroxylation sites is 1. The van der Waals surface area contributed by atoms with E-state index < -0.39 is 0 Å². The lowest BCUT2D eigenvalue weighted by Crippen LogP contribution is -2.23. The van der Waals surface area contributed by atoms with Gasteiger partial charge in [-0.2, -0.15) is 5.10 Å². The van der Waals surface area contributed by atoms with Crippen LogP contribution in [0.3, 0.4) is 0 Å². The molecule has 4 rings (SSSR count). The highest BCUT2D eigenvalue weighted by Gasteiger charge is 2.37. The molecule has 0 radical (unpaired) electrons. The summed E-state index contributed by atoms with van der Waals surface area (Å²) in [4.78, 5) is 14.5. The van der Waals surface area contributed by atoms with Gasteiger partial charge in [0.2, 0.25) is 0 Å². The van der Waals surface area contributed by atoms with Gasteiger partial charge >= 0.3 is 0 Å². The van der Waals surface area contributed by atoms with Gasteiger partial charge in [-0.15, -0.1) is 0 Å². The minimum Gasteiger partial charge on any atom is -0.486 e. The number of hydrogen-bond acceptors (Lipinski definition) is 5. The van der Waals surface area contributed by atoms with Crippen molar-refractivity contribution >= 4 is 17.8 Å². The fourth-order valence-electron chi connectivity index (χ4n) is 3.75. The lowest BCUT2D eigenvalue weighted by molar-refractivity contribution is 0.0954. The van der Waals surface area contributed by atoms with Crippen LogP contribution in [0, 0.1) is 0 Å². The van der Waals surface area contributed by atoms with Crippen LogP contribution in [0.4, 0.5) is 5.69 Å². The van der Waals surface area contributed by atoms with Crippen molar-refractivity contribution in [3.05, 3.63) is 65.4 Å². The summed E-state index contributed by atoms with van der Waals surface area (Å²) in [6, 6.07) is 13.5. The van der Waals surface area contributed by atoms with Crippen LogP contribution in [0.15, 0.2) is 59.3 Å². The van der Waals surface area contributed by atoms with Crippen LogP contribution in [-0.2, 0) is 5.41 Å². The third-order valence-electron chi connectivity index (χ3n) is 5.22. The molecule has 0 saturated carbocycles. The summed E-state index contributed by atoms with van der Waals surface area (Å²) in [5.41, 5.74) is 6.49. The summed E-state index contributed by atoms with van der Waals surface area (Å²) in [5, 5.41) is 4.09. The molecule has 28 heavy (non-hydrogen) atoms. The van der Waals surface area contributed by atoms with Gasteiger partial charge in [-0.05, 0) is 35.9 Å². The number of carbonyl (C=O) groups is 1. The number of ether oxygens (including phenoxy) is 2. The molecular weight excluding hydrogens is 354 g/mol. The fraction of sp³-hybridized carbons (Fsp3) is 0.273. The molecule has 6 heteroatoms. The second-order valence-corrected chi connectivity index (χ2v) is 7.33. The lowest BCUT2D eigenvalue weighted by atomic mass is 9.84. The summed E-state index contributed by atoms with van der Waals surface area (Å²) in [5.74, 6) is 0.938. The van der Waals surface area contributed by atoms with E-state index in [2.05, 4.69) is 47.5 Å². The Morgan fingerprint density at radius 1 is 1.14 bits per heavy atom. The molecular formula is C22H23N3O3. The van der Waals surface area contributed by atoms with Gasteiger partial charge in [-0.1, -0.05) is 32.0 Å². The monoisotopic (exact) mass is 377 g/mol. The molecule has 2 aliphatic heterocycles. The Labute approximate surface area is 164 Å². The summed E-state index contributed by atoms with van der Waals surface area (Å²) in [6.45, 7) is 5.37. The molecule has 0 spiro atoms. The zero-order valence-electron chi connectivity index (χ0n) is 16.2. The number of carbonyl (C=O) groups excluding carboxylic acids is 1. The number of allylic oxidation sites excluding steroid dienone is 2. The van der Waals surface area contributed by atoms with Gasteiger partial charge in [0.15, 0.2) is 11.5 Å². The maximum absolute atomic E-state index is 12.3. The second kappa shape index (κ2) is 7.03. The zero-order valence-corrected chi connectivity index (χ0v) is 16.2. The van der Waals surface area contributed by atoms with Crippen molar-refractivity contribution < 1.29 is 14.3 Å². The quantitative estimate of drug-likeness (QED) is 0.657. The Hall–Kier alpha value is -3.28. The SMILES string of the molecule is CN1/C(=C/C=NNC(=O)c2ccc3c(c2)OCCO3)C(C)(C)c2ccccc21. The van der Waals surface area contributed by atoms with Crippen LogP contribution < -0.4 is 19.8 Å². The smallest absolute Gasteiger partial charge is 0.271 e. The number of anilines is 1. The standard InChI is InChI=1S/C22H23N3O3/c1-22(2)16-6-4-5-7-17(16)25(3)20(22)10-11-23-24-21(26)15-8-9-18-19(14-15)28-13-12-27-18/h4-11,14H,12-13H2,1-3H3,(H,24,26)/b20-10+,23-11?. The molecule has 2 aromatic carbocycles. The van der Waals surface area contributed by atoms with Crippen molar-refractivity contribution in [3.8, 4) is 11.5 Å². The predicted octanol–water partition coefficient (Wildman–Crippen LogP) is 3.48. The van der Waals surface area contributed by atoms with E-state index >= 15 is 0 Å². The molecule has 2 aromatic rings. The van der Waals surface area contributed by atoms with E-state index in [1.807, 2.05) is 19.2 Å². The van der Waals surface area contributed by atoms with Gasteiger partial charge in [-0.25, -0.2) is 5.43 Å². The summed E-state index contributed by atoms with van der Waals surface area (Å²) >= 11 is 0. The second-order valence-electron chi connectivity index (χ2n) is 7.33. The van der Waals surface area contributed by atoms with E-state index in [4.69, 9.17) is 9.47 Å². The first-order valence-corrected chi connectivity index (χ1v) is 9.25. The summed E-state index contributed by atoms with van der Waals surface area (Å²) in [6.07, 6.45) is 3.56. The molecule has 2 heterocycles. The third-order valence-corrected chi connectivity index (χ3v) is 5.22. The number of fused-ring (bicyclic) bond motifs is 2. The first-order chi connectivity index (χ1) is 13.5. The van der Waals surface area contributed by atoms with Gasteiger partial charge in [0.1, 0.15) is 13.2 Å². The van der Waals surface area contributed by atoms with Gasteiger partial charge in [0.25, 0.3) is 5.91 Å². The average molecular weight is 377 g/mol. The van der Waals surface area contributed by atoms with Crippen molar-refractivity contribution in [2.45, 2.75) is 19.3 Å². The van der Waals surface area contributed by atoms with E-state index in [1.54, 1.807) is 24.4 Å². The molecule has 0 bridgehead atoms. The molecule has 1 N–H and O–H groups in total. The predicted molar refractivity (Wildman–Crippen MR) is 109 cm³/mol. The normalized spacial score (nSPS) is 18.4.